The SMILES string of the molecule is CC[C@H](C)[C@@H](C(=O)N[C@@H](Cc1ccccc1)[C@H](O)CN(CC(C)C)S(=O)(=O)c1ccc(CN=O)cc1)N1CCN(Cc2cc(C)c3ccccc3n2)C1=O. The molecule has 54 heavy (non-hydrogen) atoms. The molecule has 0 radical (unpaired) electrons. The smallest absolute Gasteiger partial charge is 0.321 e. The largest absolute Gasteiger partial charge is 0.390 e. The number of rotatable bonds is 18. The summed E-state index contributed by atoms with van der Waals surface area (Å²) in [5.74, 6) is -0.684. The fraction of sp³-hybridized carbons (Fsp3) is 0.439. The third kappa shape index (κ3) is 9.68. The van der Waals surface area contributed by atoms with Crippen LogP contribution < -0.4 is 5.32 Å². The molecule has 0 aliphatic carbocycles. The monoisotopic (exact) mass is 756 g/mol. The number of sulfonamides is 1. The molecule has 3 aromatic carbocycles. The summed E-state index contributed by atoms with van der Waals surface area (Å²) in [5, 5.41) is 18.9. The first-order valence-electron chi connectivity index (χ1n) is 18.6. The molecular formula is C41H52N6O6S. The Morgan fingerprint density at radius 2 is 1.65 bits per heavy atom. The molecule has 3 amide bonds. The van der Waals surface area contributed by atoms with Crippen LogP contribution in [0.3, 0.4) is 0 Å². The van der Waals surface area contributed by atoms with Gasteiger partial charge in [0.05, 0.1) is 34.8 Å². The summed E-state index contributed by atoms with van der Waals surface area (Å²) in [5.41, 5.74) is 4.14. The van der Waals surface area contributed by atoms with Gasteiger partial charge in [-0.15, -0.1) is 0 Å². The second kappa shape index (κ2) is 18.1. The van der Waals surface area contributed by atoms with Gasteiger partial charge in [-0.2, -0.15) is 9.21 Å². The third-order valence-electron chi connectivity index (χ3n) is 10.1. The summed E-state index contributed by atoms with van der Waals surface area (Å²) in [7, 11) is -4.07. The average molecular weight is 757 g/mol. The van der Waals surface area contributed by atoms with Gasteiger partial charge in [0.2, 0.25) is 15.9 Å². The predicted molar refractivity (Wildman–Crippen MR) is 210 cm³/mol. The molecule has 0 bridgehead atoms. The van der Waals surface area contributed by atoms with Crippen LogP contribution in [-0.4, -0.2) is 88.9 Å². The Morgan fingerprint density at radius 3 is 2.31 bits per heavy atom. The summed E-state index contributed by atoms with van der Waals surface area (Å²) in [6.07, 6.45) is -0.440. The summed E-state index contributed by atoms with van der Waals surface area (Å²) < 4.78 is 29.2. The van der Waals surface area contributed by atoms with Gasteiger partial charge in [-0.25, -0.2) is 13.2 Å². The lowest BCUT2D eigenvalue weighted by molar-refractivity contribution is -0.128. The molecule has 5 rings (SSSR count). The summed E-state index contributed by atoms with van der Waals surface area (Å²) >= 11 is 0. The van der Waals surface area contributed by atoms with Crippen molar-refractivity contribution in [2.45, 2.75) is 83.6 Å². The van der Waals surface area contributed by atoms with Gasteiger partial charge in [0, 0.05) is 31.6 Å². The van der Waals surface area contributed by atoms with Gasteiger partial charge in [-0.1, -0.05) is 100.0 Å². The van der Waals surface area contributed by atoms with E-state index in [9.17, 15) is 28.0 Å². The Hall–Kier alpha value is -4.72. The standard InChI is InChI=1S/C41H52N6O6S/c1-6-29(4)39(47-21-20-45(41(47)50)26-33-22-30(5)35-14-10-11-15-36(35)43-33)40(49)44-37(23-31-12-8-7-9-13-31)38(48)27-46(25-28(2)3)54(52,53)34-18-16-32(17-19-34)24-42-51/h7-19,22,28-29,37-39,48H,6,20-21,23-27H2,1-5H3,(H,44,49)/t29-,37-,38+,39-/m0/s1. The highest BCUT2D eigenvalue weighted by Crippen LogP contribution is 2.25. The van der Waals surface area contributed by atoms with Crippen molar-refractivity contribution in [2.75, 3.05) is 26.2 Å². The molecule has 13 heteroatoms. The van der Waals surface area contributed by atoms with Crippen LogP contribution >= 0.6 is 0 Å². The zero-order valence-corrected chi connectivity index (χ0v) is 32.6. The van der Waals surface area contributed by atoms with Crippen molar-refractivity contribution in [1.82, 2.24) is 24.4 Å². The van der Waals surface area contributed by atoms with Crippen molar-refractivity contribution >= 4 is 32.9 Å². The van der Waals surface area contributed by atoms with Crippen LogP contribution in [0.15, 0.2) is 95.0 Å². The van der Waals surface area contributed by atoms with E-state index in [4.69, 9.17) is 4.98 Å². The molecule has 1 saturated heterocycles. The predicted octanol–water partition coefficient (Wildman–Crippen LogP) is 5.90. The molecule has 0 spiro atoms. The summed E-state index contributed by atoms with van der Waals surface area (Å²) in [4.78, 5) is 47.3. The highest BCUT2D eigenvalue weighted by molar-refractivity contribution is 7.89. The molecule has 1 aliphatic rings. The van der Waals surface area contributed by atoms with Crippen molar-refractivity contribution in [1.29, 1.82) is 0 Å². The maximum absolute atomic E-state index is 14.4. The topological polar surface area (TPSA) is 153 Å². The molecule has 4 atom stereocenters. The Morgan fingerprint density at radius 1 is 0.963 bits per heavy atom. The third-order valence-corrected chi connectivity index (χ3v) is 11.9. The number of benzene rings is 3. The first-order chi connectivity index (χ1) is 25.8. The van der Waals surface area contributed by atoms with Gasteiger partial charge in [-0.3, -0.25) is 9.78 Å². The van der Waals surface area contributed by atoms with Crippen LogP contribution in [0.25, 0.3) is 10.9 Å². The highest BCUT2D eigenvalue weighted by Gasteiger charge is 2.41. The number of hydrogen-bond donors (Lipinski definition) is 2. The first kappa shape index (κ1) is 40.5. The van der Waals surface area contributed by atoms with Gasteiger partial charge in [0.1, 0.15) is 12.6 Å². The molecule has 2 N–H and O–H groups in total. The minimum absolute atomic E-state index is 0.0247. The number of amides is 3. The lowest BCUT2D eigenvalue weighted by atomic mass is 9.95. The summed E-state index contributed by atoms with van der Waals surface area (Å²) in [6, 6.07) is 23.3. The van der Waals surface area contributed by atoms with Gasteiger partial charge >= 0.3 is 6.03 Å². The molecule has 0 saturated carbocycles. The number of carbonyl (C=O) groups excluding carboxylic acids is 2. The Bertz CT molecular complexity index is 2010. The van der Waals surface area contributed by atoms with E-state index in [2.05, 4.69) is 10.5 Å². The molecule has 288 valence electrons. The van der Waals surface area contributed by atoms with Crippen LogP contribution in [0.5, 0.6) is 0 Å². The van der Waals surface area contributed by atoms with Crippen molar-refractivity contribution in [3.05, 3.63) is 112 Å². The normalized spacial score (nSPS) is 15.8. The Kier molecular flexibility index (Phi) is 13.5. The van der Waals surface area contributed by atoms with E-state index in [0.717, 1.165) is 27.7 Å². The Balaban J connectivity index is 1.38. The van der Waals surface area contributed by atoms with E-state index in [0.29, 0.717) is 31.6 Å². The van der Waals surface area contributed by atoms with E-state index in [-0.39, 0.29) is 48.8 Å². The van der Waals surface area contributed by atoms with Crippen molar-refractivity contribution in [3.8, 4) is 0 Å². The van der Waals surface area contributed by atoms with Crippen LogP contribution in [0, 0.1) is 23.7 Å². The number of carbonyl (C=O) groups is 2. The van der Waals surface area contributed by atoms with Crippen LogP contribution in [0.1, 0.15) is 56.5 Å². The van der Waals surface area contributed by atoms with Gasteiger partial charge in [0.15, 0.2) is 0 Å². The second-order valence-electron chi connectivity index (χ2n) is 14.7. The van der Waals surface area contributed by atoms with Crippen molar-refractivity contribution < 1.29 is 23.1 Å². The number of nitrogens with one attached hydrogen (secondary N) is 1. The molecular weight excluding hydrogens is 705 g/mol. The summed E-state index contributed by atoms with van der Waals surface area (Å²) in [6.45, 7) is 10.6. The van der Waals surface area contributed by atoms with Crippen LogP contribution in [0.4, 0.5) is 4.79 Å². The number of aryl methyl sites for hydroxylation is 1. The lowest BCUT2D eigenvalue weighted by Gasteiger charge is -2.35. The molecule has 1 aliphatic heterocycles. The number of para-hydroxylation sites is 1. The number of aliphatic hydroxyl groups excluding tert-OH is 1. The quantitative estimate of drug-likeness (QED) is 0.120. The fourth-order valence-electron chi connectivity index (χ4n) is 7.06. The van der Waals surface area contributed by atoms with Crippen LogP contribution in [-0.2, 0) is 34.3 Å². The number of nitrogens with zero attached hydrogens (tertiary/aromatic N) is 5. The number of aliphatic hydroxyl groups is 1. The number of aromatic nitrogens is 1. The van der Waals surface area contributed by atoms with Gasteiger partial charge < -0.3 is 20.2 Å². The molecule has 12 nitrogen and oxygen atoms in total. The Labute approximate surface area is 318 Å². The maximum Gasteiger partial charge on any atom is 0.321 e. The molecule has 0 unspecified atom stereocenters. The van der Waals surface area contributed by atoms with Crippen LogP contribution in [0.2, 0.25) is 0 Å². The number of pyridine rings is 1. The number of hydrogen-bond acceptors (Lipinski definition) is 8. The van der Waals surface area contributed by atoms with Crippen molar-refractivity contribution in [2.24, 2.45) is 17.0 Å². The number of fused-ring (bicyclic) bond motifs is 1. The number of urea groups is 1. The molecule has 1 aromatic heterocycles. The second-order valence-corrected chi connectivity index (χ2v) is 16.6. The van der Waals surface area contributed by atoms with Gasteiger partial charge in [0.25, 0.3) is 0 Å². The number of nitroso groups, excluding NO2 is 1. The van der Waals surface area contributed by atoms with E-state index in [1.807, 2.05) is 95.3 Å². The lowest BCUT2D eigenvalue weighted by Crippen LogP contribution is -2.57. The minimum atomic E-state index is -4.07. The fourth-order valence-corrected chi connectivity index (χ4v) is 8.68. The average Bonchev–Trinajstić information content (AvgIpc) is 3.49. The van der Waals surface area contributed by atoms with Crippen molar-refractivity contribution in [3.63, 3.8) is 0 Å². The molecule has 1 fully saturated rings. The highest BCUT2D eigenvalue weighted by atomic mass is 32.2. The zero-order chi connectivity index (χ0) is 39.0. The van der Waals surface area contributed by atoms with E-state index in [1.165, 1.54) is 16.4 Å². The van der Waals surface area contributed by atoms with E-state index >= 15 is 0 Å². The van der Waals surface area contributed by atoms with E-state index < -0.39 is 34.1 Å². The molecule has 4 aromatic rings. The first-order valence-corrected chi connectivity index (χ1v) is 20.1. The molecule has 2 heterocycles. The minimum Gasteiger partial charge on any atom is -0.390 e. The van der Waals surface area contributed by atoms with Gasteiger partial charge in [-0.05, 0) is 66.1 Å². The maximum atomic E-state index is 14.4. The van der Waals surface area contributed by atoms with E-state index in [1.54, 1.807) is 21.9 Å². The zero-order valence-electron chi connectivity index (χ0n) is 31.8.